The molecule has 1 aromatic carbocycles. The van der Waals surface area contributed by atoms with E-state index in [4.69, 9.17) is 0 Å². The van der Waals surface area contributed by atoms with E-state index in [0.29, 0.717) is 11.8 Å². The number of hydrogen-bond donors (Lipinski definition) is 1. The van der Waals surface area contributed by atoms with Crippen LogP contribution < -0.4 is 4.90 Å². The quantitative estimate of drug-likeness (QED) is 0.777. The molecule has 14 heavy (non-hydrogen) atoms. The second-order valence-electron chi connectivity index (χ2n) is 4.07. The fraction of sp³-hybridized carbons (Fsp3) is 0.500. The summed E-state index contributed by atoms with van der Waals surface area (Å²) in [6.07, 6.45) is 5.31. The first-order chi connectivity index (χ1) is 6.77. The summed E-state index contributed by atoms with van der Waals surface area (Å²) in [5.41, 5.74) is 1.20. The number of phenolic OH excluding ortho intramolecular Hbond substituents is 1. The molecule has 1 saturated carbocycles. The third-order valence-corrected chi connectivity index (χ3v) is 3.13. The molecule has 2 rings (SSSR count). The van der Waals surface area contributed by atoms with Crippen molar-refractivity contribution >= 4 is 5.69 Å². The van der Waals surface area contributed by atoms with Gasteiger partial charge in [0.05, 0.1) is 0 Å². The molecule has 0 aromatic heterocycles. The van der Waals surface area contributed by atoms with Crippen LogP contribution in [0.1, 0.15) is 25.7 Å². The van der Waals surface area contributed by atoms with Crippen molar-refractivity contribution in [1.82, 2.24) is 0 Å². The first kappa shape index (κ1) is 9.38. The SMILES string of the molecule is CN(c1ccc(O)cc1)C1CCCC1. The van der Waals surface area contributed by atoms with Crippen LogP contribution in [-0.2, 0) is 0 Å². The van der Waals surface area contributed by atoms with E-state index in [1.54, 1.807) is 12.1 Å². The molecular formula is C12H17NO. The monoisotopic (exact) mass is 191 g/mol. The van der Waals surface area contributed by atoms with Crippen LogP contribution in [0.5, 0.6) is 5.75 Å². The van der Waals surface area contributed by atoms with E-state index >= 15 is 0 Å². The van der Waals surface area contributed by atoms with E-state index in [2.05, 4.69) is 11.9 Å². The summed E-state index contributed by atoms with van der Waals surface area (Å²) in [4.78, 5) is 2.33. The normalized spacial score (nSPS) is 17.2. The first-order valence-electron chi connectivity index (χ1n) is 5.29. The fourth-order valence-electron chi connectivity index (χ4n) is 2.19. The van der Waals surface area contributed by atoms with E-state index in [1.165, 1.54) is 31.4 Å². The molecule has 1 aliphatic rings. The topological polar surface area (TPSA) is 23.5 Å². The van der Waals surface area contributed by atoms with Crippen molar-refractivity contribution in [2.45, 2.75) is 31.7 Å². The molecule has 0 aliphatic heterocycles. The number of benzene rings is 1. The van der Waals surface area contributed by atoms with Gasteiger partial charge in [-0.25, -0.2) is 0 Å². The Morgan fingerprint density at radius 2 is 1.71 bits per heavy atom. The molecule has 1 aromatic rings. The van der Waals surface area contributed by atoms with Crippen LogP contribution in [0.2, 0.25) is 0 Å². The maximum Gasteiger partial charge on any atom is 0.115 e. The Bertz CT molecular complexity index is 288. The average molecular weight is 191 g/mol. The van der Waals surface area contributed by atoms with E-state index < -0.39 is 0 Å². The summed E-state index contributed by atoms with van der Waals surface area (Å²) in [5.74, 6) is 0.341. The molecule has 76 valence electrons. The molecule has 1 N–H and O–H groups in total. The van der Waals surface area contributed by atoms with Gasteiger partial charge in [-0.1, -0.05) is 12.8 Å². The molecule has 0 spiro atoms. The lowest BCUT2D eigenvalue weighted by atomic mass is 10.2. The molecule has 0 amide bonds. The van der Waals surface area contributed by atoms with Crippen molar-refractivity contribution in [3.63, 3.8) is 0 Å². The molecule has 2 nitrogen and oxygen atoms in total. The van der Waals surface area contributed by atoms with Crippen LogP contribution in [0.25, 0.3) is 0 Å². The van der Waals surface area contributed by atoms with Gasteiger partial charge in [-0.15, -0.1) is 0 Å². The standard InChI is InChI=1S/C12H17NO/c1-13(10-4-2-3-5-10)11-6-8-12(14)9-7-11/h6-10,14H,2-5H2,1H3. The first-order valence-corrected chi connectivity index (χ1v) is 5.29. The van der Waals surface area contributed by atoms with Crippen LogP contribution in [0.4, 0.5) is 5.69 Å². The second kappa shape index (κ2) is 3.91. The molecule has 0 unspecified atom stereocenters. The summed E-state index contributed by atoms with van der Waals surface area (Å²) in [7, 11) is 2.14. The lowest BCUT2D eigenvalue weighted by molar-refractivity contribution is 0.475. The van der Waals surface area contributed by atoms with Gasteiger partial charge < -0.3 is 10.0 Å². The molecular weight excluding hydrogens is 174 g/mol. The van der Waals surface area contributed by atoms with Crippen molar-refractivity contribution < 1.29 is 5.11 Å². The van der Waals surface area contributed by atoms with Crippen molar-refractivity contribution in [1.29, 1.82) is 0 Å². The summed E-state index contributed by atoms with van der Waals surface area (Å²) in [6.45, 7) is 0. The highest BCUT2D eigenvalue weighted by atomic mass is 16.3. The van der Waals surface area contributed by atoms with Crippen molar-refractivity contribution in [3.8, 4) is 5.75 Å². The van der Waals surface area contributed by atoms with Gasteiger partial charge in [-0.3, -0.25) is 0 Å². The maximum absolute atomic E-state index is 9.19. The number of aromatic hydroxyl groups is 1. The highest BCUT2D eigenvalue weighted by Gasteiger charge is 2.19. The van der Waals surface area contributed by atoms with Crippen LogP contribution in [0, 0.1) is 0 Å². The zero-order valence-corrected chi connectivity index (χ0v) is 8.61. The lowest BCUT2D eigenvalue weighted by Crippen LogP contribution is -2.28. The summed E-state index contributed by atoms with van der Waals surface area (Å²) >= 11 is 0. The molecule has 0 radical (unpaired) electrons. The van der Waals surface area contributed by atoms with Gasteiger partial charge in [0.1, 0.15) is 5.75 Å². The zero-order chi connectivity index (χ0) is 9.97. The molecule has 0 heterocycles. The molecule has 0 bridgehead atoms. The van der Waals surface area contributed by atoms with E-state index in [1.807, 2.05) is 12.1 Å². The van der Waals surface area contributed by atoms with Gasteiger partial charge in [-0.2, -0.15) is 0 Å². The Kier molecular flexibility index (Phi) is 2.62. The average Bonchev–Trinajstić information content (AvgIpc) is 2.71. The minimum Gasteiger partial charge on any atom is -0.508 e. The molecule has 2 heteroatoms. The number of hydrogen-bond acceptors (Lipinski definition) is 2. The number of rotatable bonds is 2. The highest BCUT2D eigenvalue weighted by Crippen LogP contribution is 2.27. The van der Waals surface area contributed by atoms with E-state index in [-0.39, 0.29) is 0 Å². The number of phenols is 1. The number of nitrogens with zero attached hydrogens (tertiary/aromatic N) is 1. The maximum atomic E-state index is 9.19. The third-order valence-electron chi connectivity index (χ3n) is 3.13. The van der Waals surface area contributed by atoms with Gasteiger partial charge >= 0.3 is 0 Å². The molecule has 1 fully saturated rings. The third kappa shape index (κ3) is 1.84. The van der Waals surface area contributed by atoms with Gasteiger partial charge in [0.15, 0.2) is 0 Å². The predicted octanol–water partition coefficient (Wildman–Crippen LogP) is 2.77. The predicted molar refractivity (Wildman–Crippen MR) is 58.8 cm³/mol. The second-order valence-corrected chi connectivity index (χ2v) is 4.07. The van der Waals surface area contributed by atoms with Gasteiger partial charge in [0.2, 0.25) is 0 Å². The van der Waals surface area contributed by atoms with Crippen LogP contribution in [-0.4, -0.2) is 18.2 Å². The molecule has 1 aliphatic carbocycles. The van der Waals surface area contributed by atoms with Crippen molar-refractivity contribution in [3.05, 3.63) is 24.3 Å². The largest absolute Gasteiger partial charge is 0.508 e. The Labute approximate surface area is 85.2 Å². The van der Waals surface area contributed by atoms with Gasteiger partial charge in [0.25, 0.3) is 0 Å². The van der Waals surface area contributed by atoms with Crippen LogP contribution in [0.3, 0.4) is 0 Å². The molecule has 0 saturated heterocycles. The highest BCUT2D eigenvalue weighted by molar-refractivity contribution is 5.49. The Morgan fingerprint density at radius 1 is 1.14 bits per heavy atom. The summed E-state index contributed by atoms with van der Waals surface area (Å²) < 4.78 is 0. The minimum absolute atomic E-state index is 0.341. The Hall–Kier alpha value is -1.18. The Morgan fingerprint density at radius 3 is 2.29 bits per heavy atom. The summed E-state index contributed by atoms with van der Waals surface area (Å²) in [6, 6.07) is 8.16. The zero-order valence-electron chi connectivity index (χ0n) is 8.61. The Balaban J connectivity index is 2.09. The van der Waals surface area contributed by atoms with Crippen LogP contribution >= 0.6 is 0 Å². The van der Waals surface area contributed by atoms with E-state index in [0.717, 1.165) is 0 Å². The number of anilines is 1. The minimum atomic E-state index is 0.341. The molecule has 0 atom stereocenters. The van der Waals surface area contributed by atoms with Gasteiger partial charge in [-0.05, 0) is 37.1 Å². The smallest absolute Gasteiger partial charge is 0.115 e. The van der Waals surface area contributed by atoms with Gasteiger partial charge in [0, 0.05) is 18.8 Å². The van der Waals surface area contributed by atoms with Crippen LogP contribution in [0.15, 0.2) is 24.3 Å². The van der Waals surface area contributed by atoms with E-state index in [9.17, 15) is 5.11 Å². The van der Waals surface area contributed by atoms with Crippen molar-refractivity contribution in [2.24, 2.45) is 0 Å². The fourth-order valence-corrected chi connectivity index (χ4v) is 2.19. The lowest BCUT2D eigenvalue weighted by Gasteiger charge is -2.26. The summed E-state index contributed by atoms with van der Waals surface area (Å²) in [5, 5.41) is 9.19. The van der Waals surface area contributed by atoms with Crippen molar-refractivity contribution in [2.75, 3.05) is 11.9 Å².